The molecule has 1 heterocycles. The Balaban J connectivity index is 1.55. The second kappa shape index (κ2) is 9.32. The number of aryl methyl sites for hydroxylation is 1. The second-order valence-corrected chi connectivity index (χ2v) is 6.86. The first-order valence-electron chi connectivity index (χ1n) is 9.48. The molecule has 2 amide bonds. The molecule has 29 heavy (non-hydrogen) atoms. The van der Waals surface area contributed by atoms with Gasteiger partial charge in [-0.1, -0.05) is 12.1 Å². The lowest BCUT2D eigenvalue weighted by molar-refractivity contribution is -0.121. The summed E-state index contributed by atoms with van der Waals surface area (Å²) in [6.07, 6.45) is 1.28. The number of nitrogens with one attached hydrogen (secondary N) is 1. The number of hydrogen-bond acceptors (Lipinski definition) is 5. The van der Waals surface area contributed by atoms with Crippen molar-refractivity contribution >= 4 is 17.5 Å². The van der Waals surface area contributed by atoms with E-state index in [1.165, 1.54) is 0 Å². The van der Waals surface area contributed by atoms with Gasteiger partial charge in [0.1, 0.15) is 5.75 Å². The third-order valence-corrected chi connectivity index (χ3v) is 4.97. The summed E-state index contributed by atoms with van der Waals surface area (Å²) >= 11 is 0. The van der Waals surface area contributed by atoms with Crippen molar-refractivity contribution in [1.82, 2.24) is 5.32 Å². The Hall–Kier alpha value is -3.22. The summed E-state index contributed by atoms with van der Waals surface area (Å²) in [4.78, 5) is 26.4. The number of nitrogens with zero attached hydrogens (tertiary/aromatic N) is 1. The lowest BCUT2D eigenvalue weighted by Gasteiger charge is -2.19. The predicted octanol–water partition coefficient (Wildman–Crippen LogP) is 2.57. The van der Waals surface area contributed by atoms with Gasteiger partial charge in [0.05, 0.1) is 27.4 Å². The summed E-state index contributed by atoms with van der Waals surface area (Å²) in [5, 5.41) is 2.97. The molecule has 0 saturated carbocycles. The van der Waals surface area contributed by atoms with Crippen molar-refractivity contribution in [3.8, 4) is 17.2 Å². The smallest absolute Gasteiger partial charge is 0.229 e. The lowest BCUT2D eigenvalue weighted by atomic mass is 10.1. The van der Waals surface area contributed by atoms with Crippen LogP contribution >= 0.6 is 0 Å². The number of anilines is 1. The third-order valence-electron chi connectivity index (χ3n) is 4.97. The van der Waals surface area contributed by atoms with Crippen LogP contribution in [-0.4, -0.2) is 45.7 Å². The van der Waals surface area contributed by atoms with E-state index >= 15 is 0 Å². The first-order chi connectivity index (χ1) is 14.0. The highest BCUT2D eigenvalue weighted by Crippen LogP contribution is 2.33. The van der Waals surface area contributed by atoms with E-state index in [2.05, 4.69) is 5.32 Å². The molecule has 0 bridgehead atoms. The third kappa shape index (κ3) is 4.99. The van der Waals surface area contributed by atoms with Crippen LogP contribution < -0.4 is 24.4 Å². The van der Waals surface area contributed by atoms with Crippen molar-refractivity contribution in [1.29, 1.82) is 0 Å². The summed E-state index contributed by atoms with van der Waals surface area (Å²) in [6, 6.07) is 12.8. The van der Waals surface area contributed by atoms with E-state index in [0.29, 0.717) is 30.9 Å². The number of ether oxygens (including phenoxy) is 3. The van der Waals surface area contributed by atoms with Crippen LogP contribution in [0.3, 0.4) is 0 Å². The van der Waals surface area contributed by atoms with Gasteiger partial charge >= 0.3 is 0 Å². The van der Waals surface area contributed by atoms with Crippen molar-refractivity contribution in [2.24, 2.45) is 0 Å². The number of benzene rings is 2. The molecule has 1 aliphatic heterocycles. The maximum atomic E-state index is 12.5. The minimum atomic E-state index is -0.209. The Kier molecular flexibility index (Phi) is 6.59. The van der Waals surface area contributed by atoms with E-state index in [1.807, 2.05) is 30.3 Å². The van der Waals surface area contributed by atoms with E-state index < -0.39 is 0 Å². The topological polar surface area (TPSA) is 77.1 Å². The van der Waals surface area contributed by atoms with Crippen LogP contribution in [0.5, 0.6) is 17.2 Å². The van der Waals surface area contributed by atoms with Crippen molar-refractivity contribution in [3.05, 3.63) is 48.0 Å². The zero-order valence-corrected chi connectivity index (χ0v) is 16.9. The van der Waals surface area contributed by atoms with E-state index in [1.54, 1.807) is 38.4 Å². The standard InChI is InChI=1S/C22H26N2O5/c1-27-18-8-4-15(5-9-18)6-11-21(25)23-16-12-22(26)24(14-16)17-7-10-19(28-2)20(13-17)29-3/h4-5,7-10,13,16H,6,11-12,14H2,1-3H3,(H,23,25)/t16-/m1/s1. The van der Waals surface area contributed by atoms with E-state index in [9.17, 15) is 9.59 Å². The fourth-order valence-corrected chi connectivity index (χ4v) is 3.40. The molecular weight excluding hydrogens is 372 g/mol. The molecule has 1 atom stereocenters. The van der Waals surface area contributed by atoms with Crippen LogP contribution in [0.1, 0.15) is 18.4 Å². The van der Waals surface area contributed by atoms with E-state index in [4.69, 9.17) is 14.2 Å². The monoisotopic (exact) mass is 398 g/mol. The van der Waals surface area contributed by atoms with Crippen molar-refractivity contribution in [2.75, 3.05) is 32.8 Å². The maximum Gasteiger partial charge on any atom is 0.229 e. The number of amides is 2. The predicted molar refractivity (Wildman–Crippen MR) is 110 cm³/mol. The van der Waals surface area contributed by atoms with Crippen LogP contribution in [0.2, 0.25) is 0 Å². The summed E-state index contributed by atoms with van der Waals surface area (Å²) in [6.45, 7) is 0.433. The first-order valence-corrected chi connectivity index (χ1v) is 9.48. The molecule has 3 rings (SSSR count). The number of hydrogen-bond donors (Lipinski definition) is 1. The molecule has 1 N–H and O–H groups in total. The Bertz CT molecular complexity index is 866. The average molecular weight is 398 g/mol. The van der Waals surface area contributed by atoms with Gasteiger partial charge in [-0.15, -0.1) is 0 Å². The minimum Gasteiger partial charge on any atom is -0.497 e. The van der Waals surface area contributed by atoms with Crippen LogP contribution in [0.15, 0.2) is 42.5 Å². The molecule has 7 heteroatoms. The molecule has 2 aromatic carbocycles. The average Bonchev–Trinajstić information content (AvgIpc) is 3.11. The number of methoxy groups -OCH3 is 3. The molecular formula is C22H26N2O5. The maximum absolute atomic E-state index is 12.5. The Labute approximate surface area is 170 Å². The molecule has 154 valence electrons. The normalized spacial score (nSPS) is 15.9. The second-order valence-electron chi connectivity index (χ2n) is 6.86. The highest BCUT2D eigenvalue weighted by atomic mass is 16.5. The molecule has 0 radical (unpaired) electrons. The molecule has 0 aromatic heterocycles. The Morgan fingerprint density at radius 3 is 2.41 bits per heavy atom. The Morgan fingerprint density at radius 2 is 1.76 bits per heavy atom. The SMILES string of the molecule is COc1ccc(CCC(=O)N[C@@H]2CC(=O)N(c3ccc(OC)c(OC)c3)C2)cc1. The first kappa shape index (κ1) is 20.5. The van der Waals surface area contributed by atoms with E-state index in [0.717, 1.165) is 17.0 Å². The zero-order chi connectivity index (χ0) is 20.8. The van der Waals surface area contributed by atoms with E-state index in [-0.39, 0.29) is 24.3 Å². The lowest BCUT2D eigenvalue weighted by Crippen LogP contribution is -2.37. The number of carbonyl (C=O) groups excluding carboxylic acids is 2. The summed E-state index contributed by atoms with van der Waals surface area (Å²) < 4.78 is 15.7. The summed E-state index contributed by atoms with van der Waals surface area (Å²) in [5.41, 5.74) is 1.79. The number of rotatable bonds is 8. The molecule has 1 saturated heterocycles. The zero-order valence-electron chi connectivity index (χ0n) is 16.9. The van der Waals surface area contributed by atoms with Crippen molar-refractivity contribution in [2.45, 2.75) is 25.3 Å². The van der Waals surface area contributed by atoms with Gasteiger partial charge in [-0.25, -0.2) is 0 Å². The molecule has 1 aliphatic rings. The highest BCUT2D eigenvalue weighted by molar-refractivity contribution is 5.97. The summed E-state index contributed by atoms with van der Waals surface area (Å²) in [5.74, 6) is 1.86. The molecule has 1 fully saturated rings. The van der Waals surface area contributed by atoms with Gasteiger partial charge in [-0.2, -0.15) is 0 Å². The molecule has 0 aliphatic carbocycles. The van der Waals surface area contributed by atoms with Gasteiger partial charge < -0.3 is 24.4 Å². The highest BCUT2D eigenvalue weighted by Gasteiger charge is 2.32. The van der Waals surface area contributed by atoms with Gasteiger partial charge in [-0.05, 0) is 36.2 Å². The van der Waals surface area contributed by atoms with Crippen LogP contribution in [0, 0.1) is 0 Å². The van der Waals surface area contributed by atoms with Crippen molar-refractivity contribution in [3.63, 3.8) is 0 Å². The quantitative estimate of drug-likeness (QED) is 0.740. The van der Waals surface area contributed by atoms with Gasteiger partial charge in [0, 0.05) is 31.1 Å². The van der Waals surface area contributed by atoms with Crippen LogP contribution in [0.4, 0.5) is 5.69 Å². The largest absolute Gasteiger partial charge is 0.497 e. The fourth-order valence-electron chi connectivity index (χ4n) is 3.40. The molecule has 0 spiro atoms. The molecule has 2 aromatic rings. The van der Waals surface area contributed by atoms with Gasteiger partial charge in [0.25, 0.3) is 0 Å². The molecule has 0 unspecified atom stereocenters. The number of carbonyl (C=O) groups is 2. The fraction of sp³-hybridized carbons (Fsp3) is 0.364. The van der Waals surface area contributed by atoms with Gasteiger partial charge in [-0.3, -0.25) is 9.59 Å². The summed E-state index contributed by atoms with van der Waals surface area (Å²) in [7, 11) is 4.74. The van der Waals surface area contributed by atoms with Gasteiger partial charge in [0.2, 0.25) is 11.8 Å². The van der Waals surface area contributed by atoms with Crippen LogP contribution in [0.25, 0.3) is 0 Å². The Morgan fingerprint density at radius 1 is 1.03 bits per heavy atom. The molecule has 7 nitrogen and oxygen atoms in total. The van der Waals surface area contributed by atoms with Crippen LogP contribution in [-0.2, 0) is 16.0 Å². The van der Waals surface area contributed by atoms with Gasteiger partial charge in [0.15, 0.2) is 11.5 Å². The van der Waals surface area contributed by atoms with Crippen molar-refractivity contribution < 1.29 is 23.8 Å². The minimum absolute atomic E-state index is 0.0299.